The zero-order chi connectivity index (χ0) is 17.1. The van der Waals surface area contributed by atoms with Crippen LogP contribution in [0, 0.1) is 5.82 Å². The Hall–Kier alpha value is -2.89. The van der Waals surface area contributed by atoms with Gasteiger partial charge in [-0.1, -0.05) is 24.3 Å². The molecule has 3 rings (SSSR count). The fourth-order valence-electron chi connectivity index (χ4n) is 2.80. The monoisotopic (exact) mass is 327 g/mol. The molecule has 0 unspecified atom stereocenters. The zero-order valence-electron chi connectivity index (χ0n) is 13.3. The summed E-state index contributed by atoms with van der Waals surface area (Å²) in [7, 11) is 0. The van der Waals surface area contributed by atoms with Gasteiger partial charge in [0.05, 0.1) is 5.69 Å². The molecular formula is C18H18FN3O2. The lowest BCUT2D eigenvalue weighted by Gasteiger charge is -2.15. The van der Waals surface area contributed by atoms with Gasteiger partial charge < -0.3 is 15.5 Å². The van der Waals surface area contributed by atoms with Crippen LogP contribution < -0.4 is 15.5 Å². The van der Waals surface area contributed by atoms with E-state index in [9.17, 15) is 14.0 Å². The molecule has 5 nitrogen and oxygen atoms in total. The first kappa shape index (κ1) is 16.0. The number of urea groups is 1. The Morgan fingerprint density at radius 3 is 2.75 bits per heavy atom. The normalized spacial score (nSPS) is 12.7. The zero-order valence-corrected chi connectivity index (χ0v) is 13.3. The van der Waals surface area contributed by atoms with Gasteiger partial charge in [0, 0.05) is 25.7 Å². The molecule has 0 fully saturated rings. The van der Waals surface area contributed by atoms with Crippen molar-refractivity contribution in [2.24, 2.45) is 0 Å². The van der Waals surface area contributed by atoms with Crippen molar-refractivity contribution in [1.82, 2.24) is 5.32 Å². The summed E-state index contributed by atoms with van der Waals surface area (Å²) in [5.41, 5.74) is 3.10. The van der Waals surface area contributed by atoms with Gasteiger partial charge in [-0.05, 0) is 35.7 Å². The van der Waals surface area contributed by atoms with Gasteiger partial charge in [-0.25, -0.2) is 9.18 Å². The van der Waals surface area contributed by atoms with Crippen molar-refractivity contribution in [1.29, 1.82) is 0 Å². The third-order valence-electron chi connectivity index (χ3n) is 3.99. The SMILES string of the molecule is CC(=O)N1CCc2cc(CNC(=O)Nc3ccccc3F)ccc21. The van der Waals surface area contributed by atoms with Crippen LogP contribution >= 0.6 is 0 Å². The average Bonchev–Trinajstić information content (AvgIpc) is 2.98. The third kappa shape index (κ3) is 3.37. The Balaban J connectivity index is 1.60. The molecule has 124 valence electrons. The smallest absolute Gasteiger partial charge is 0.319 e. The van der Waals surface area contributed by atoms with Crippen molar-refractivity contribution in [3.05, 3.63) is 59.4 Å². The van der Waals surface area contributed by atoms with Gasteiger partial charge in [0.25, 0.3) is 0 Å². The highest BCUT2D eigenvalue weighted by Gasteiger charge is 2.22. The van der Waals surface area contributed by atoms with Crippen molar-refractivity contribution in [3.8, 4) is 0 Å². The summed E-state index contributed by atoms with van der Waals surface area (Å²) in [5.74, 6) is -0.446. The maximum atomic E-state index is 13.5. The van der Waals surface area contributed by atoms with Crippen LogP contribution in [0.1, 0.15) is 18.1 Å². The number of nitrogens with zero attached hydrogens (tertiary/aromatic N) is 1. The molecule has 0 radical (unpaired) electrons. The second-order valence-corrected chi connectivity index (χ2v) is 5.67. The van der Waals surface area contributed by atoms with Gasteiger partial charge >= 0.3 is 6.03 Å². The summed E-state index contributed by atoms with van der Waals surface area (Å²) in [5, 5.41) is 5.18. The minimum Gasteiger partial charge on any atom is -0.334 e. The van der Waals surface area contributed by atoms with Gasteiger partial charge in [0.2, 0.25) is 5.91 Å². The van der Waals surface area contributed by atoms with Crippen molar-refractivity contribution < 1.29 is 14.0 Å². The lowest BCUT2D eigenvalue weighted by molar-refractivity contribution is -0.116. The Kier molecular flexibility index (Phi) is 4.46. The minimum absolute atomic E-state index is 0.0314. The van der Waals surface area contributed by atoms with E-state index in [1.54, 1.807) is 24.0 Å². The van der Waals surface area contributed by atoms with Crippen LogP contribution in [0.15, 0.2) is 42.5 Å². The van der Waals surface area contributed by atoms with Crippen LogP contribution in [0.4, 0.5) is 20.6 Å². The first-order chi connectivity index (χ1) is 11.5. The molecule has 3 amide bonds. The molecule has 0 saturated carbocycles. The Morgan fingerprint density at radius 2 is 2.00 bits per heavy atom. The molecule has 0 saturated heterocycles. The highest BCUT2D eigenvalue weighted by Crippen LogP contribution is 2.28. The van der Waals surface area contributed by atoms with Crippen LogP contribution in [-0.4, -0.2) is 18.5 Å². The molecule has 1 aliphatic rings. The molecule has 0 aliphatic carbocycles. The van der Waals surface area contributed by atoms with Crippen LogP contribution in [0.25, 0.3) is 0 Å². The number of hydrogen-bond donors (Lipinski definition) is 2. The molecule has 0 spiro atoms. The number of hydrogen-bond acceptors (Lipinski definition) is 2. The van der Waals surface area contributed by atoms with E-state index in [1.807, 2.05) is 18.2 Å². The number of para-hydroxylation sites is 1. The summed E-state index contributed by atoms with van der Waals surface area (Å²) in [6.07, 6.45) is 0.810. The fourth-order valence-corrected chi connectivity index (χ4v) is 2.80. The van der Waals surface area contributed by atoms with E-state index >= 15 is 0 Å². The highest BCUT2D eigenvalue weighted by molar-refractivity contribution is 5.93. The first-order valence-electron chi connectivity index (χ1n) is 7.74. The average molecular weight is 327 g/mol. The molecule has 0 bridgehead atoms. The van der Waals surface area contributed by atoms with Crippen molar-refractivity contribution in [3.63, 3.8) is 0 Å². The van der Waals surface area contributed by atoms with Gasteiger partial charge in [-0.15, -0.1) is 0 Å². The van der Waals surface area contributed by atoms with Gasteiger partial charge in [-0.3, -0.25) is 4.79 Å². The molecule has 2 aromatic carbocycles. The van der Waals surface area contributed by atoms with E-state index in [-0.39, 0.29) is 11.6 Å². The molecule has 1 aliphatic heterocycles. The largest absolute Gasteiger partial charge is 0.334 e. The molecule has 1 heterocycles. The number of halogens is 1. The lowest BCUT2D eigenvalue weighted by Crippen LogP contribution is -2.28. The number of rotatable bonds is 3. The number of anilines is 2. The van der Waals surface area contributed by atoms with E-state index in [4.69, 9.17) is 0 Å². The number of carbonyl (C=O) groups is 2. The summed E-state index contributed by atoms with van der Waals surface area (Å²) in [6.45, 7) is 2.57. The number of fused-ring (bicyclic) bond motifs is 1. The summed E-state index contributed by atoms with van der Waals surface area (Å²) in [4.78, 5) is 25.2. The number of amides is 3. The summed E-state index contributed by atoms with van der Waals surface area (Å²) in [6, 6.07) is 11.3. The lowest BCUT2D eigenvalue weighted by atomic mass is 10.1. The molecule has 2 N–H and O–H groups in total. The van der Waals surface area contributed by atoms with Crippen molar-refractivity contribution in [2.75, 3.05) is 16.8 Å². The molecule has 6 heteroatoms. The van der Waals surface area contributed by atoms with Crippen LogP contribution in [0.5, 0.6) is 0 Å². The Labute approximate surface area is 139 Å². The predicted octanol–water partition coefficient (Wildman–Crippen LogP) is 3.06. The molecule has 24 heavy (non-hydrogen) atoms. The van der Waals surface area contributed by atoms with E-state index in [1.165, 1.54) is 12.1 Å². The van der Waals surface area contributed by atoms with Crippen molar-refractivity contribution >= 4 is 23.3 Å². The molecule has 0 atom stereocenters. The van der Waals surface area contributed by atoms with E-state index in [0.29, 0.717) is 13.1 Å². The number of carbonyl (C=O) groups excluding carboxylic acids is 2. The van der Waals surface area contributed by atoms with Gasteiger partial charge in [0.1, 0.15) is 5.82 Å². The van der Waals surface area contributed by atoms with Crippen LogP contribution in [-0.2, 0) is 17.8 Å². The standard InChI is InChI=1S/C18H18FN3O2/c1-12(23)22-9-8-14-10-13(6-7-17(14)22)11-20-18(24)21-16-5-3-2-4-15(16)19/h2-7,10H,8-9,11H2,1H3,(H2,20,21,24). The van der Waals surface area contributed by atoms with Gasteiger partial charge in [0.15, 0.2) is 0 Å². The molecule has 2 aromatic rings. The minimum atomic E-state index is -0.477. The molecular weight excluding hydrogens is 309 g/mol. The van der Waals surface area contributed by atoms with Gasteiger partial charge in [-0.2, -0.15) is 0 Å². The quantitative estimate of drug-likeness (QED) is 0.910. The first-order valence-corrected chi connectivity index (χ1v) is 7.74. The Morgan fingerprint density at radius 1 is 1.21 bits per heavy atom. The number of benzene rings is 2. The summed E-state index contributed by atoms with van der Waals surface area (Å²) >= 11 is 0. The summed E-state index contributed by atoms with van der Waals surface area (Å²) < 4.78 is 13.5. The molecule has 0 aromatic heterocycles. The third-order valence-corrected chi connectivity index (χ3v) is 3.99. The maximum Gasteiger partial charge on any atom is 0.319 e. The van der Waals surface area contributed by atoms with E-state index in [0.717, 1.165) is 23.2 Å². The second kappa shape index (κ2) is 6.70. The van der Waals surface area contributed by atoms with Crippen molar-refractivity contribution in [2.45, 2.75) is 19.9 Å². The topological polar surface area (TPSA) is 61.4 Å². The highest BCUT2D eigenvalue weighted by atomic mass is 19.1. The Bertz CT molecular complexity index is 792. The number of nitrogens with one attached hydrogen (secondary N) is 2. The fraction of sp³-hybridized carbons (Fsp3) is 0.222. The second-order valence-electron chi connectivity index (χ2n) is 5.67. The van der Waals surface area contributed by atoms with E-state index in [2.05, 4.69) is 10.6 Å². The maximum absolute atomic E-state index is 13.5. The predicted molar refractivity (Wildman–Crippen MR) is 90.4 cm³/mol. The van der Waals surface area contributed by atoms with Crippen LogP contribution in [0.2, 0.25) is 0 Å². The van der Waals surface area contributed by atoms with Crippen LogP contribution in [0.3, 0.4) is 0 Å². The van der Waals surface area contributed by atoms with E-state index < -0.39 is 11.8 Å².